The van der Waals surface area contributed by atoms with Gasteiger partial charge in [-0.25, -0.2) is 5.10 Å². The predicted octanol–water partition coefficient (Wildman–Crippen LogP) is 4.32. The number of aromatic amines is 1. The predicted molar refractivity (Wildman–Crippen MR) is 83.9 cm³/mol. The smallest absolute Gasteiger partial charge is 0.224 e. The Labute approximate surface area is 125 Å². The number of hydrogen-bond donors (Lipinski definition) is 2. The first-order chi connectivity index (χ1) is 9.85. The average Bonchev–Trinajstić information content (AvgIpc) is 3.12. The highest BCUT2D eigenvalue weighted by molar-refractivity contribution is 8.01. The minimum absolute atomic E-state index is 0.671. The topological polar surface area (TPSA) is 53.6 Å². The van der Waals surface area contributed by atoms with Crippen LogP contribution in [0.3, 0.4) is 0 Å². The number of nitrogens with one attached hydrogen (secondary N) is 2. The number of aromatic nitrogens is 3. The van der Waals surface area contributed by atoms with Crippen molar-refractivity contribution in [1.82, 2.24) is 15.2 Å². The number of aryl methyl sites for hydroxylation is 1. The van der Waals surface area contributed by atoms with Crippen molar-refractivity contribution in [3.05, 3.63) is 47.3 Å². The van der Waals surface area contributed by atoms with Crippen LogP contribution in [0, 0.1) is 0 Å². The molecule has 0 saturated heterocycles. The third kappa shape index (κ3) is 3.02. The Morgan fingerprint density at radius 1 is 1.25 bits per heavy atom. The second-order valence-electron chi connectivity index (χ2n) is 4.14. The van der Waals surface area contributed by atoms with Gasteiger partial charge in [0.1, 0.15) is 0 Å². The van der Waals surface area contributed by atoms with E-state index in [0.717, 1.165) is 17.3 Å². The van der Waals surface area contributed by atoms with Crippen molar-refractivity contribution >= 4 is 34.7 Å². The van der Waals surface area contributed by atoms with Gasteiger partial charge in [-0.15, -0.1) is 16.4 Å². The molecule has 1 aromatic carbocycles. The van der Waals surface area contributed by atoms with Crippen molar-refractivity contribution < 1.29 is 0 Å². The molecule has 3 rings (SSSR count). The van der Waals surface area contributed by atoms with Crippen LogP contribution in [0.2, 0.25) is 0 Å². The second kappa shape index (κ2) is 6.11. The Bertz CT molecular complexity index is 676. The van der Waals surface area contributed by atoms with E-state index in [1.807, 2.05) is 29.6 Å². The first kappa shape index (κ1) is 13.2. The normalized spacial score (nSPS) is 10.7. The number of benzene rings is 1. The first-order valence-corrected chi connectivity index (χ1v) is 8.03. The molecule has 0 amide bonds. The lowest BCUT2D eigenvalue weighted by molar-refractivity contribution is 0.975. The van der Waals surface area contributed by atoms with Gasteiger partial charge < -0.3 is 5.32 Å². The Morgan fingerprint density at radius 3 is 2.95 bits per heavy atom. The summed E-state index contributed by atoms with van der Waals surface area (Å²) in [6.07, 6.45) is 0.980. The van der Waals surface area contributed by atoms with E-state index in [-0.39, 0.29) is 0 Å². The molecule has 20 heavy (non-hydrogen) atoms. The molecule has 2 aromatic heterocycles. The highest BCUT2D eigenvalue weighted by atomic mass is 32.2. The Balaban J connectivity index is 1.74. The molecule has 0 spiro atoms. The van der Waals surface area contributed by atoms with E-state index in [0.29, 0.717) is 5.95 Å². The van der Waals surface area contributed by atoms with E-state index in [2.05, 4.69) is 39.6 Å². The average molecular weight is 302 g/mol. The molecular weight excluding hydrogens is 288 g/mol. The summed E-state index contributed by atoms with van der Waals surface area (Å²) in [6, 6.07) is 12.3. The van der Waals surface area contributed by atoms with Gasteiger partial charge in [0.05, 0.1) is 4.21 Å². The lowest BCUT2D eigenvalue weighted by Crippen LogP contribution is -1.96. The van der Waals surface area contributed by atoms with Gasteiger partial charge in [0, 0.05) is 5.69 Å². The molecule has 0 unspecified atom stereocenters. The molecule has 0 bridgehead atoms. The van der Waals surface area contributed by atoms with Gasteiger partial charge in [0.2, 0.25) is 11.1 Å². The molecule has 102 valence electrons. The summed E-state index contributed by atoms with van der Waals surface area (Å²) in [7, 11) is 0. The molecule has 0 aliphatic rings. The lowest BCUT2D eigenvalue weighted by Gasteiger charge is -2.07. The fourth-order valence-electron chi connectivity index (χ4n) is 1.84. The van der Waals surface area contributed by atoms with Crippen LogP contribution in [0.15, 0.2) is 51.1 Å². The van der Waals surface area contributed by atoms with Gasteiger partial charge in [0.15, 0.2) is 0 Å². The quantitative estimate of drug-likeness (QED) is 0.737. The summed E-state index contributed by atoms with van der Waals surface area (Å²) in [6.45, 7) is 2.14. The largest absolute Gasteiger partial charge is 0.324 e. The van der Waals surface area contributed by atoms with Crippen molar-refractivity contribution in [3.63, 3.8) is 0 Å². The minimum Gasteiger partial charge on any atom is -0.324 e. The van der Waals surface area contributed by atoms with Crippen LogP contribution in [0.5, 0.6) is 0 Å². The zero-order chi connectivity index (χ0) is 13.8. The summed E-state index contributed by atoms with van der Waals surface area (Å²) in [5.41, 5.74) is 2.33. The van der Waals surface area contributed by atoms with Crippen molar-refractivity contribution in [1.29, 1.82) is 0 Å². The van der Waals surface area contributed by atoms with Gasteiger partial charge in [-0.3, -0.25) is 0 Å². The molecule has 0 aliphatic heterocycles. The number of rotatable bonds is 5. The summed E-state index contributed by atoms with van der Waals surface area (Å²) in [5.74, 6) is 0.671. The van der Waals surface area contributed by atoms with Crippen LogP contribution in [0.1, 0.15) is 12.5 Å². The SMILES string of the molecule is CCc1ccccc1Nc1nc(Sc2cccs2)n[nH]1. The highest BCUT2D eigenvalue weighted by Crippen LogP contribution is 2.29. The minimum atomic E-state index is 0.671. The third-order valence-electron chi connectivity index (χ3n) is 2.80. The zero-order valence-electron chi connectivity index (χ0n) is 11.0. The zero-order valence-corrected chi connectivity index (χ0v) is 12.6. The van der Waals surface area contributed by atoms with E-state index in [9.17, 15) is 0 Å². The fraction of sp³-hybridized carbons (Fsp3) is 0.143. The van der Waals surface area contributed by atoms with Crippen LogP contribution < -0.4 is 5.32 Å². The molecule has 4 nitrogen and oxygen atoms in total. The number of para-hydroxylation sites is 1. The summed E-state index contributed by atoms with van der Waals surface area (Å²) in [5, 5.41) is 13.2. The molecule has 0 fully saturated rings. The first-order valence-electron chi connectivity index (χ1n) is 6.34. The van der Waals surface area contributed by atoms with E-state index in [1.54, 1.807) is 23.1 Å². The number of hydrogen-bond acceptors (Lipinski definition) is 5. The Morgan fingerprint density at radius 2 is 2.15 bits per heavy atom. The van der Waals surface area contributed by atoms with E-state index in [4.69, 9.17) is 0 Å². The molecule has 0 radical (unpaired) electrons. The molecule has 3 aromatic rings. The molecule has 2 N–H and O–H groups in total. The van der Waals surface area contributed by atoms with Crippen LogP contribution >= 0.6 is 23.1 Å². The maximum atomic E-state index is 4.45. The van der Waals surface area contributed by atoms with E-state index < -0.39 is 0 Å². The summed E-state index contributed by atoms with van der Waals surface area (Å²) in [4.78, 5) is 4.45. The van der Waals surface area contributed by atoms with Crippen LogP contribution in [-0.2, 0) is 6.42 Å². The second-order valence-corrected chi connectivity index (χ2v) is 6.35. The molecule has 6 heteroatoms. The van der Waals surface area contributed by atoms with Gasteiger partial charge in [-0.2, -0.15) is 4.98 Å². The highest BCUT2D eigenvalue weighted by Gasteiger charge is 2.07. The number of nitrogens with zero attached hydrogens (tertiary/aromatic N) is 2. The monoisotopic (exact) mass is 302 g/mol. The Kier molecular flexibility index (Phi) is 4.03. The maximum absolute atomic E-state index is 4.45. The van der Waals surface area contributed by atoms with Gasteiger partial charge in [-0.1, -0.05) is 31.2 Å². The Hall–Kier alpha value is -1.79. The third-order valence-corrected chi connectivity index (χ3v) is 4.71. The van der Waals surface area contributed by atoms with Crippen molar-refractivity contribution in [2.45, 2.75) is 22.7 Å². The van der Waals surface area contributed by atoms with Gasteiger partial charge in [0.25, 0.3) is 0 Å². The summed E-state index contributed by atoms with van der Waals surface area (Å²) < 4.78 is 1.18. The van der Waals surface area contributed by atoms with Crippen LogP contribution in [-0.4, -0.2) is 15.2 Å². The number of H-pyrrole nitrogens is 1. The van der Waals surface area contributed by atoms with Gasteiger partial charge >= 0.3 is 0 Å². The fourth-order valence-corrected chi connectivity index (χ4v) is 3.42. The molecule has 0 saturated carbocycles. The lowest BCUT2D eigenvalue weighted by atomic mass is 10.1. The summed E-state index contributed by atoms with van der Waals surface area (Å²) >= 11 is 3.25. The molecular formula is C14H14N4S2. The van der Waals surface area contributed by atoms with Crippen molar-refractivity contribution in [2.24, 2.45) is 0 Å². The molecule has 0 aliphatic carbocycles. The standard InChI is InChI=1S/C14H14N4S2/c1-2-10-6-3-4-7-11(10)15-13-16-14(18-17-13)20-12-8-5-9-19-12/h3-9H,2H2,1H3,(H2,15,16,17,18). The van der Waals surface area contributed by atoms with Crippen molar-refractivity contribution in [2.75, 3.05) is 5.32 Å². The maximum Gasteiger partial charge on any atom is 0.224 e. The number of thiophene rings is 1. The van der Waals surface area contributed by atoms with E-state index in [1.165, 1.54) is 9.77 Å². The van der Waals surface area contributed by atoms with E-state index >= 15 is 0 Å². The van der Waals surface area contributed by atoms with Gasteiger partial charge in [-0.05, 0) is 41.3 Å². The number of anilines is 2. The van der Waals surface area contributed by atoms with Crippen LogP contribution in [0.25, 0.3) is 0 Å². The molecule has 0 atom stereocenters. The van der Waals surface area contributed by atoms with Crippen LogP contribution in [0.4, 0.5) is 11.6 Å². The molecule has 2 heterocycles. The van der Waals surface area contributed by atoms with Crippen molar-refractivity contribution in [3.8, 4) is 0 Å².